The van der Waals surface area contributed by atoms with Gasteiger partial charge in [0.15, 0.2) is 12.2 Å². The van der Waals surface area contributed by atoms with Gasteiger partial charge in [-0.3, -0.25) is 19.8 Å². The molecule has 4 atom stereocenters. The zero-order chi connectivity index (χ0) is 28.5. The normalized spacial score (nSPS) is 21.0. The maximum atomic E-state index is 12.5. The number of esters is 2. The third-order valence-corrected chi connectivity index (χ3v) is 7.71. The van der Waals surface area contributed by atoms with Crippen LogP contribution in [-0.4, -0.2) is 71.1 Å². The highest BCUT2D eigenvalue weighted by Gasteiger charge is 2.27. The Hall–Kier alpha value is -3.98. The molecule has 8 heteroatoms. The number of nitrogens with zero attached hydrogens (tertiary/aromatic N) is 4. The lowest BCUT2D eigenvalue weighted by molar-refractivity contribution is -0.143. The molecule has 2 aromatic rings. The Labute approximate surface area is 236 Å². The summed E-state index contributed by atoms with van der Waals surface area (Å²) in [4.78, 5) is 38.1. The van der Waals surface area contributed by atoms with Crippen LogP contribution in [0.2, 0.25) is 0 Å². The van der Waals surface area contributed by atoms with Crippen LogP contribution >= 0.6 is 0 Å². The number of aromatic nitrogens is 2. The van der Waals surface area contributed by atoms with Crippen LogP contribution in [0.5, 0.6) is 0 Å². The van der Waals surface area contributed by atoms with Gasteiger partial charge in [0.1, 0.15) is 0 Å². The van der Waals surface area contributed by atoms with Gasteiger partial charge in [-0.2, -0.15) is 0 Å². The van der Waals surface area contributed by atoms with Gasteiger partial charge in [-0.25, -0.2) is 9.59 Å². The molecule has 2 aromatic heterocycles. The number of pyridine rings is 2. The van der Waals surface area contributed by atoms with E-state index >= 15 is 0 Å². The summed E-state index contributed by atoms with van der Waals surface area (Å²) in [5.74, 6) is 3.61. The summed E-state index contributed by atoms with van der Waals surface area (Å²) in [7, 11) is 4.18. The molecule has 0 radical (unpaired) electrons. The third kappa shape index (κ3) is 7.35. The molecule has 0 aliphatic carbocycles. The van der Waals surface area contributed by atoms with Crippen molar-refractivity contribution in [3.05, 3.63) is 71.3 Å². The van der Waals surface area contributed by atoms with E-state index in [9.17, 15) is 9.59 Å². The molecule has 2 fully saturated rings. The Morgan fingerprint density at radius 3 is 1.65 bits per heavy atom. The second kappa shape index (κ2) is 13.9. The summed E-state index contributed by atoms with van der Waals surface area (Å²) in [6.45, 7) is 2.05. The smallest absolute Gasteiger partial charge is 0.332 e. The molecule has 0 bridgehead atoms. The zero-order valence-electron chi connectivity index (χ0n) is 23.2. The Balaban J connectivity index is 1.32. The minimum atomic E-state index is -0.793. The average molecular weight is 541 g/mol. The first kappa shape index (κ1) is 29.0. The van der Waals surface area contributed by atoms with Crippen molar-refractivity contribution >= 4 is 11.9 Å². The molecule has 2 aliphatic heterocycles. The van der Waals surface area contributed by atoms with E-state index in [0.717, 1.165) is 73.2 Å². The van der Waals surface area contributed by atoms with E-state index in [4.69, 9.17) is 22.3 Å². The van der Waals surface area contributed by atoms with Crippen molar-refractivity contribution in [2.24, 2.45) is 0 Å². The fourth-order valence-corrected chi connectivity index (χ4v) is 5.61. The summed E-state index contributed by atoms with van der Waals surface area (Å²) in [5, 5.41) is 0. The van der Waals surface area contributed by atoms with Crippen molar-refractivity contribution in [3.63, 3.8) is 0 Å². The van der Waals surface area contributed by atoms with Crippen molar-refractivity contribution in [1.82, 2.24) is 19.8 Å². The van der Waals surface area contributed by atoms with Crippen LogP contribution in [0.3, 0.4) is 0 Å². The van der Waals surface area contributed by atoms with Gasteiger partial charge in [0.05, 0.1) is 0 Å². The van der Waals surface area contributed by atoms with Gasteiger partial charge in [-0.05, 0) is 87.3 Å². The van der Waals surface area contributed by atoms with Gasteiger partial charge in [-0.1, -0.05) is 11.8 Å². The molecule has 8 nitrogen and oxygen atoms in total. The monoisotopic (exact) mass is 540 g/mol. The van der Waals surface area contributed by atoms with E-state index in [1.54, 1.807) is 12.4 Å². The summed E-state index contributed by atoms with van der Waals surface area (Å²) in [5.41, 5.74) is 4.17. The van der Waals surface area contributed by atoms with Crippen molar-refractivity contribution in [2.75, 3.05) is 27.2 Å². The van der Waals surface area contributed by atoms with E-state index in [1.165, 1.54) is 0 Å². The highest BCUT2D eigenvalue weighted by molar-refractivity contribution is 5.92. The summed E-state index contributed by atoms with van der Waals surface area (Å²) < 4.78 is 10.9. The number of likely N-dealkylation sites (tertiary alicyclic amines) is 2. The average Bonchev–Trinajstić information content (AvgIpc) is 3.59. The molecule has 4 heterocycles. The maximum absolute atomic E-state index is 12.5. The summed E-state index contributed by atoms with van der Waals surface area (Å²) in [6.07, 6.45) is 24.0. The lowest BCUT2D eigenvalue weighted by Gasteiger charge is -2.23. The van der Waals surface area contributed by atoms with Gasteiger partial charge in [0.2, 0.25) is 0 Å². The van der Waals surface area contributed by atoms with E-state index in [0.29, 0.717) is 12.8 Å². The first-order valence-electron chi connectivity index (χ1n) is 13.7. The largest absolute Gasteiger partial charge is 0.446 e. The minimum absolute atomic E-state index is 0.263. The highest BCUT2D eigenvalue weighted by atomic mass is 16.5. The molecule has 2 saturated heterocycles. The predicted octanol–water partition coefficient (Wildman–Crippen LogP) is 3.44. The molecule has 2 aliphatic rings. The van der Waals surface area contributed by atoms with Crippen molar-refractivity contribution < 1.29 is 19.1 Å². The van der Waals surface area contributed by atoms with Crippen molar-refractivity contribution in [2.45, 2.75) is 62.8 Å². The molecule has 40 heavy (non-hydrogen) atoms. The van der Waals surface area contributed by atoms with E-state index in [1.807, 2.05) is 24.5 Å². The SMILES string of the molecule is C#CC(Cc1ccncc1C1CCCN1C)OC(=O)/C=C/C(=O)OC(C#C)Cc1ccncc1C1CCCN1C. The molecule has 0 saturated carbocycles. The second-order valence-corrected chi connectivity index (χ2v) is 10.4. The van der Waals surface area contributed by atoms with Gasteiger partial charge >= 0.3 is 11.9 Å². The Kier molecular flexibility index (Phi) is 10.1. The number of ether oxygens (including phenoxy) is 2. The standard InChI is InChI=1S/C32H36N4O4/c1-5-25(19-23-13-15-33-21-27(23)29-9-7-17-35(29)3)39-31(37)11-12-32(38)40-26(6-2)20-24-14-16-34-22-28(24)30-10-8-18-36(30)4/h1-2,11-16,21-22,25-26,29-30H,7-10,17-20H2,3-4H3/b12-11+. The Morgan fingerprint density at radius 2 is 1.30 bits per heavy atom. The molecule has 0 spiro atoms. The van der Waals surface area contributed by atoms with Gasteiger partial charge in [0.25, 0.3) is 0 Å². The van der Waals surface area contributed by atoms with Crippen LogP contribution in [-0.2, 0) is 31.9 Å². The van der Waals surface area contributed by atoms with Crippen LogP contribution in [0.25, 0.3) is 0 Å². The van der Waals surface area contributed by atoms with Crippen LogP contribution in [0, 0.1) is 24.7 Å². The topological polar surface area (TPSA) is 84.9 Å². The first-order valence-corrected chi connectivity index (χ1v) is 13.7. The number of rotatable bonds is 10. The fraction of sp³-hybridized carbons (Fsp3) is 0.438. The number of terminal acetylenes is 2. The highest BCUT2D eigenvalue weighted by Crippen LogP contribution is 2.33. The minimum Gasteiger partial charge on any atom is -0.446 e. The van der Waals surface area contributed by atoms with E-state index in [2.05, 4.69) is 45.7 Å². The van der Waals surface area contributed by atoms with Crippen molar-refractivity contribution in [1.29, 1.82) is 0 Å². The quantitative estimate of drug-likeness (QED) is 0.258. The lowest BCUT2D eigenvalue weighted by atomic mass is 9.97. The van der Waals surface area contributed by atoms with Crippen LogP contribution in [0.4, 0.5) is 0 Å². The van der Waals surface area contributed by atoms with E-state index < -0.39 is 24.1 Å². The molecule has 4 unspecified atom stereocenters. The zero-order valence-corrected chi connectivity index (χ0v) is 23.2. The molecule has 0 N–H and O–H groups in total. The van der Waals surface area contributed by atoms with Crippen molar-refractivity contribution in [3.8, 4) is 24.7 Å². The molecule has 0 amide bonds. The first-order chi connectivity index (χ1) is 19.4. The number of carbonyl (C=O) groups is 2. The molecule has 0 aromatic carbocycles. The lowest BCUT2D eigenvalue weighted by Crippen LogP contribution is -2.23. The Morgan fingerprint density at radius 1 is 0.875 bits per heavy atom. The van der Waals surface area contributed by atoms with E-state index in [-0.39, 0.29) is 12.1 Å². The van der Waals surface area contributed by atoms with Crippen LogP contribution in [0.15, 0.2) is 49.1 Å². The summed E-state index contributed by atoms with van der Waals surface area (Å²) in [6, 6.07) is 4.34. The number of hydrogen-bond acceptors (Lipinski definition) is 8. The second-order valence-electron chi connectivity index (χ2n) is 10.4. The Bertz CT molecular complexity index is 1210. The van der Waals surface area contributed by atoms with Crippen LogP contribution in [0.1, 0.15) is 60.0 Å². The summed E-state index contributed by atoms with van der Waals surface area (Å²) >= 11 is 0. The molecular formula is C32H36N4O4. The van der Waals surface area contributed by atoms with Gasteiger partial charge in [0, 0.05) is 61.9 Å². The number of hydrogen-bond donors (Lipinski definition) is 0. The molecular weight excluding hydrogens is 504 g/mol. The van der Waals surface area contributed by atoms with Gasteiger partial charge in [-0.15, -0.1) is 12.8 Å². The molecule has 208 valence electrons. The fourth-order valence-electron chi connectivity index (χ4n) is 5.61. The molecule has 4 rings (SSSR count). The predicted molar refractivity (Wildman–Crippen MR) is 152 cm³/mol. The third-order valence-electron chi connectivity index (χ3n) is 7.71. The van der Waals surface area contributed by atoms with Gasteiger partial charge < -0.3 is 9.47 Å². The van der Waals surface area contributed by atoms with Crippen LogP contribution < -0.4 is 0 Å². The maximum Gasteiger partial charge on any atom is 0.332 e. The number of carbonyl (C=O) groups excluding carboxylic acids is 2.